The average molecular weight is 554 g/mol. The number of hydrogen-bond acceptors (Lipinski definition) is 6. The third kappa shape index (κ3) is 5.32. The van der Waals surface area contributed by atoms with Crippen molar-refractivity contribution in [2.75, 3.05) is 6.61 Å². The minimum atomic E-state index is -7.33. The van der Waals surface area contributed by atoms with Crippen molar-refractivity contribution in [2.24, 2.45) is 0 Å². The van der Waals surface area contributed by atoms with Gasteiger partial charge in [0, 0.05) is 0 Å². The lowest BCUT2D eigenvalue weighted by Gasteiger charge is -2.30. The van der Waals surface area contributed by atoms with Gasteiger partial charge in [-0.05, 0) is 13.3 Å². The molecular weight excluding hydrogens is 546 g/mol. The number of hydrogen-bond donors (Lipinski definition) is 0. The summed E-state index contributed by atoms with van der Waals surface area (Å²) >= 11 is 0. The van der Waals surface area contributed by atoms with Crippen molar-refractivity contribution in [1.29, 1.82) is 0 Å². The molecule has 0 aliphatic rings. The highest BCUT2D eigenvalue weighted by molar-refractivity contribution is 7.88. The van der Waals surface area contributed by atoms with E-state index in [1.54, 1.807) is 0 Å². The van der Waals surface area contributed by atoms with Gasteiger partial charge in [0.05, 0.1) is 12.7 Å². The zero-order valence-corrected chi connectivity index (χ0v) is 16.2. The molecule has 0 rings (SSSR count). The van der Waals surface area contributed by atoms with Crippen molar-refractivity contribution >= 4 is 20.2 Å². The molecule has 0 saturated carbocycles. The maximum atomic E-state index is 13.5. The van der Waals surface area contributed by atoms with E-state index in [1.165, 1.54) is 0 Å². The fourth-order valence-corrected chi connectivity index (χ4v) is 3.90. The highest BCUT2D eigenvalue weighted by Crippen LogP contribution is 2.51. The zero-order chi connectivity index (χ0) is 26.4. The molecule has 0 aliphatic carbocycles. The normalized spacial score (nSPS) is 16.8. The number of halogens is 14. The highest BCUT2D eigenvalue weighted by atomic mass is 32.2. The van der Waals surface area contributed by atoms with Crippen LogP contribution in [0.1, 0.15) is 13.3 Å². The van der Waals surface area contributed by atoms with Crippen LogP contribution in [0.4, 0.5) is 61.5 Å². The number of rotatable bonds is 8. The lowest BCUT2D eigenvalue weighted by Crippen LogP contribution is -2.59. The van der Waals surface area contributed by atoms with Crippen LogP contribution in [0, 0.1) is 0 Å². The van der Waals surface area contributed by atoms with Gasteiger partial charge in [-0.15, -0.1) is 0 Å². The fourth-order valence-electron chi connectivity index (χ4n) is 1.62. The van der Waals surface area contributed by atoms with E-state index in [9.17, 15) is 78.3 Å². The maximum absolute atomic E-state index is 13.5. The van der Waals surface area contributed by atoms with Gasteiger partial charge in [0.15, 0.2) is 0 Å². The van der Waals surface area contributed by atoms with Crippen molar-refractivity contribution < 1.29 is 86.7 Å². The first-order valence-electron chi connectivity index (χ1n) is 7.06. The molecule has 194 valence electrons. The van der Waals surface area contributed by atoms with Gasteiger partial charge in [0.25, 0.3) is 0 Å². The Hall–Kier alpha value is -1.16. The first-order valence-corrected chi connectivity index (χ1v) is 9.88. The summed E-state index contributed by atoms with van der Waals surface area (Å²) < 4.78 is 226. The van der Waals surface area contributed by atoms with Crippen LogP contribution in [-0.2, 0) is 28.6 Å². The summed E-state index contributed by atoms with van der Waals surface area (Å²) in [6.45, 7) is -1.88. The second-order valence-corrected chi connectivity index (χ2v) is 8.98. The zero-order valence-electron chi connectivity index (χ0n) is 14.5. The van der Waals surface area contributed by atoms with E-state index in [1.807, 2.05) is 0 Å². The monoisotopic (exact) mass is 554 g/mol. The molecule has 0 bridgehead atoms. The summed E-state index contributed by atoms with van der Waals surface area (Å²) in [4.78, 5) is 0. The SMILES string of the molecule is CC(CCOS(=O)(=O)C(F)(C(F)(F)F)C(F)(F)F)OS(=O)(=O)C(F)(C(F)(F)F)C(F)(F)F. The molecule has 0 amide bonds. The minimum absolute atomic E-state index is 0.191. The van der Waals surface area contributed by atoms with E-state index in [4.69, 9.17) is 0 Å². The molecule has 0 aromatic rings. The fraction of sp³-hybridized carbons (Fsp3) is 1.00. The lowest BCUT2D eigenvalue weighted by atomic mass is 10.3. The molecule has 1 unspecified atom stereocenters. The molecule has 0 aromatic carbocycles. The maximum Gasteiger partial charge on any atom is 0.449 e. The summed E-state index contributed by atoms with van der Waals surface area (Å²) in [5, 5.41) is -14.0. The average Bonchev–Trinajstić information content (AvgIpc) is 2.47. The molecule has 22 heteroatoms. The van der Waals surface area contributed by atoms with Crippen molar-refractivity contribution in [3.8, 4) is 0 Å². The Labute approximate surface area is 168 Å². The van der Waals surface area contributed by atoms with E-state index in [0.29, 0.717) is 0 Å². The van der Waals surface area contributed by atoms with Crippen LogP contribution in [0.5, 0.6) is 0 Å². The van der Waals surface area contributed by atoms with Crippen LogP contribution in [0.25, 0.3) is 0 Å². The molecular formula is C10H8F14O6S2. The van der Waals surface area contributed by atoms with Gasteiger partial charge in [-0.3, -0.25) is 8.37 Å². The van der Waals surface area contributed by atoms with Crippen molar-refractivity contribution in [3.63, 3.8) is 0 Å². The van der Waals surface area contributed by atoms with Gasteiger partial charge in [0.1, 0.15) is 0 Å². The van der Waals surface area contributed by atoms with Crippen molar-refractivity contribution in [1.82, 2.24) is 0 Å². The third-order valence-electron chi connectivity index (χ3n) is 3.20. The Morgan fingerprint density at radius 1 is 0.594 bits per heavy atom. The smallest absolute Gasteiger partial charge is 0.267 e. The second-order valence-electron chi connectivity index (χ2n) is 5.61. The first-order chi connectivity index (χ1) is 13.6. The molecule has 1 atom stereocenters. The van der Waals surface area contributed by atoms with Crippen LogP contribution in [0.3, 0.4) is 0 Å². The summed E-state index contributed by atoms with van der Waals surface area (Å²) in [7, 11) is -14.6. The number of alkyl halides is 14. The quantitative estimate of drug-likeness (QED) is 0.333. The molecule has 0 N–H and O–H groups in total. The summed E-state index contributed by atoms with van der Waals surface area (Å²) in [5.41, 5.74) is 0. The summed E-state index contributed by atoms with van der Waals surface area (Å²) in [6, 6.07) is 0. The molecule has 0 fully saturated rings. The Bertz CT molecular complexity index is 838. The van der Waals surface area contributed by atoms with Crippen LogP contribution >= 0.6 is 0 Å². The van der Waals surface area contributed by atoms with Crippen molar-refractivity contribution in [2.45, 2.75) is 54.2 Å². The molecule has 32 heavy (non-hydrogen) atoms. The van der Waals surface area contributed by atoms with E-state index in [-0.39, 0.29) is 6.92 Å². The van der Waals surface area contributed by atoms with Gasteiger partial charge in [-0.1, -0.05) is 0 Å². The molecule has 0 spiro atoms. The van der Waals surface area contributed by atoms with Gasteiger partial charge in [-0.25, -0.2) is 8.78 Å². The van der Waals surface area contributed by atoms with Gasteiger partial charge >= 0.3 is 54.9 Å². The van der Waals surface area contributed by atoms with E-state index >= 15 is 0 Å². The predicted molar refractivity (Wildman–Crippen MR) is 70.9 cm³/mol. The minimum Gasteiger partial charge on any atom is -0.267 e. The Morgan fingerprint density at radius 3 is 1.16 bits per heavy atom. The molecule has 0 aromatic heterocycles. The molecule has 0 radical (unpaired) electrons. The Balaban J connectivity index is 5.65. The van der Waals surface area contributed by atoms with Crippen LogP contribution in [0.2, 0.25) is 0 Å². The molecule has 0 saturated heterocycles. The molecule has 0 heterocycles. The van der Waals surface area contributed by atoms with E-state index < -0.39 is 74.1 Å². The van der Waals surface area contributed by atoms with Crippen LogP contribution in [0.15, 0.2) is 0 Å². The standard InChI is InChI=1S/C10H8F14O6S2/c1-4(30-32(27,28)6(12,9(19,20)21)10(22,23)24)2-3-29-31(25,26)5(11,7(13,14)15)8(16,17)18/h4H,2-3H2,1H3. The van der Waals surface area contributed by atoms with Crippen LogP contribution in [-0.4, -0.2) is 64.3 Å². The van der Waals surface area contributed by atoms with E-state index in [0.717, 1.165) is 0 Å². The topological polar surface area (TPSA) is 86.7 Å². The first kappa shape index (κ1) is 30.8. The third-order valence-corrected chi connectivity index (χ3v) is 6.56. The Morgan fingerprint density at radius 2 is 0.875 bits per heavy atom. The highest BCUT2D eigenvalue weighted by Gasteiger charge is 2.82. The predicted octanol–water partition coefficient (Wildman–Crippen LogP) is 4.04. The lowest BCUT2D eigenvalue weighted by molar-refractivity contribution is -0.309. The Kier molecular flexibility index (Phi) is 8.25. The van der Waals surface area contributed by atoms with Gasteiger partial charge < -0.3 is 0 Å². The molecule has 6 nitrogen and oxygen atoms in total. The van der Waals surface area contributed by atoms with Crippen molar-refractivity contribution in [3.05, 3.63) is 0 Å². The van der Waals surface area contributed by atoms with Gasteiger partial charge in [0.2, 0.25) is 0 Å². The van der Waals surface area contributed by atoms with Gasteiger partial charge in [-0.2, -0.15) is 69.5 Å². The molecule has 0 aliphatic heterocycles. The van der Waals surface area contributed by atoms with Crippen LogP contribution < -0.4 is 0 Å². The van der Waals surface area contributed by atoms with E-state index in [2.05, 4.69) is 8.37 Å². The second kappa shape index (κ2) is 8.56. The largest absolute Gasteiger partial charge is 0.449 e. The summed E-state index contributed by atoms with van der Waals surface area (Å²) in [6.07, 6.45) is -33.0. The summed E-state index contributed by atoms with van der Waals surface area (Å²) in [5.74, 6) is 0.